The van der Waals surface area contributed by atoms with E-state index in [9.17, 15) is 4.79 Å². The van der Waals surface area contributed by atoms with Crippen LogP contribution in [0.1, 0.15) is 39.3 Å². The molecule has 4 heterocycles. The van der Waals surface area contributed by atoms with Crippen molar-refractivity contribution in [1.29, 1.82) is 0 Å². The average Bonchev–Trinajstić information content (AvgIpc) is 3.40. The summed E-state index contributed by atoms with van der Waals surface area (Å²) in [7, 11) is 0. The number of hydrogen-bond acceptors (Lipinski definition) is 5. The molecule has 0 saturated carbocycles. The Labute approximate surface area is 182 Å². The van der Waals surface area contributed by atoms with Crippen LogP contribution in [-0.4, -0.2) is 49.2 Å². The highest BCUT2D eigenvalue weighted by atomic mass is 35.5. The second kappa shape index (κ2) is 7.18. The van der Waals surface area contributed by atoms with Crippen LogP contribution in [0.2, 0.25) is 5.02 Å². The van der Waals surface area contributed by atoms with Crippen LogP contribution in [0.15, 0.2) is 48.7 Å². The predicted octanol–water partition coefficient (Wildman–Crippen LogP) is 3.32. The molecular formula is C22H19ClN6O2. The molecule has 0 aliphatic carbocycles. The van der Waals surface area contributed by atoms with E-state index in [2.05, 4.69) is 15.4 Å². The molecule has 6 rings (SSSR count). The van der Waals surface area contributed by atoms with Crippen LogP contribution in [0.4, 0.5) is 0 Å². The highest BCUT2D eigenvalue weighted by Gasteiger charge is 2.37. The Morgan fingerprint density at radius 3 is 2.81 bits per heavy atom. The first-order valence-electron chi connectivity index (χ1n) is 10.2. The van der Waals surface area contributed by atoms with Gasteiger partial charge in [-0.15, -0.1) is 0 Å². The maximum atomic E-state index is 13.3. The zero-order chi connectivity index (χ0) is 20.9. The van der Waals surface area contributed by atoms with Crippen molar-refractivity contribution in [2.75, 3.05) is 13.2 Å². The van der Waals surface area contributed by atoms with E-state index in [1.165, 1.54) is 0 Å². The van der Waals surface area contributed by atoms with Crippen molar-refractivity contribution in [3.8, 4) is 0 Å². The summed E-state index contributed by atoms with van der Waals surface area (Å²) in [6, 6.07) is 13.7. The van der Waals surface area contributed by atoms with Crippen molar-refractivity contribution in [2.24, 2.45) is 0 Å². The smallest absolute Gasteiger partial charge is 0.255 e. The molecule has 2 aliphatic heterocycles. The fourth-order valence-electron chi connectivity index (χ4n) is 4.32. The number of hydrogen-bond donors (Lipinski definition) is 1. The van der Waals surface area contributed by atoms with E-state index in [4.69, 9.17) is 21.4 Å². The third-order valence-electron chi connectivity index (χ3n) is 6.06. The van der Waals surface area contributed by atoms with E-state index in [0.29, 0.717) is 31.2 Å². The summed E-state index contributed by atoms with van der Waals surface area (Å²) in [4.78, 5) is 15.2. The first kappa shape index (κ1) is 18.5. The minimum absolute atomic E-state index is 0.0174. The molecule has 2 aromatic heterocycles. The van der Waals surface area contributed by atoms with Crippen LogP contribution in [0.3, 0.4) is 0 Å². The number of H-pyrrole nitrogens is 1. The van der Waals surface area contributed by atoms with Gasteiger partial charge < -0.3 is 9.64 Å². The second-order valence-electron chi connectivity index (χ2n) is 7.98. The summed E-state index contributed by atoms with van der Waals surface area (Å²) in [6.45, 7) is 1.77. The molecule has 1 fully saturated rings. The number of benzene rings is 2. The summed E-state index contributed by atoms with van der Waals surface area (Å²) in [5.74, 6) is 0.0174. The number of amides is 1. The maximum Gasteiger partial charge on any atom is 0.255 e. The molecule has 0 bridgehead atoms. The summed E-state index contributed by atoms with van der Waals surface area (Å²) in [5, 5.41) is 16.2. The van der Waals surface area contributed by atoms with Gasteiger partial charge in [0, 0.05) is 24.7 Å². The van der Waals surface area contributed by atoms with Crippen molar-refractivity contribution in [2.45, 2.75) is 25.0 Å². The van der Waals surface area contributed by atoms with Crippen molar-refractivity contribution in [3.05, 3.63) is 76.1 Å². The lowest BCUT2D eigenvalue weighted by Gasteiger charge is -2.26. The fraction of sp³-hybridized carbons (Fsp3) is 0.273. The molecule has 0 spiro atoms. The number of aromatic amines is 1. The van der Waals surface area contributed by atoms with E-state index in [1.807, 2.05) is 58.2 Å². The molecule has 9 heteroatoms. The van der Waals surface area contributed by atoms with Crippen LogP contribution in [0, 0.1) is 0 Å². The number of halogens is 1. The van der Waals surface area contributed by atoms with Crippen molar-refractivity contribution < 1.29 is 9.53 Å². The van der Waals surface area contributed by atoms with Crippen LogP contribution in [-0.2, 0) is 17.7 Å². The van der Waals surface area contributed by atoms with Crippen LogP contribution in [0.25, 0.3) is 11.0 Å². The van der Waals surface area contributed by atoms with E-state index in [0.717, 1.165) is 33.4 Å². The standard InChI is InChI=1S/C22H19ClN6O2/c23-17-10-29(14-11-31-12-14)26-19(17)8-21-15-3-1-2-4-16(15)22(30)28(21)9-13-5-6-18-20(7-13)25-27-24-18/h1-7,10,14,21H,8-9,11-12H2,(H,24,25,27)/t21-/m0/s1. The third kappa shape index (κ3) is 3.10. The molecule has 4 aromatic rings. The van der Waals surface area contributed by atoms with Crippen LogP contribution < -0.4 is 0 Å². The van der Waals surface area contributed by atoms with Gasteiger partial charge in [0.15, 0.2) is 0 Å². The molecule has 1 atom stereocenters. The van der Waals surface area contributed by atoms with Gasteiger partial charge in [0.25, 0.3) is 5.91 Å². The maximum absolute atomic E-state index is 13.3. The number of aromatic nitrogens is 5. The first-order valence-corrected chi connectivity index (χ1v) is 10.6. The van der Waals surface area contributed by atoms with Crippen molar-refractivity contribution in [3.63, 3.8) is 0 Å². The number of carbonyl (C=O) groups excluding carboxylic acids is 1. The average molecular weight is 435 g/mol. The Balaban J connectivity index is 1.34. The highest BCUT2D eigenvalue weighted by molar-refractivity contribution is 6.31. The predicted molar refractivity (Wildman–Crippen MR) is 114 cm³/mol. The van der Waals surface area contributed by atoms with Crippen LogP contribution in [0.5, 0.6) is 0 Å². The molecule has 2 aliphatic rings. The SMILES string of the molecule is O=C1c2ccccc2[C@H](Cc2nn(C3COC3)cc2Cl)N1Cc1ccc2n[nH]nc2c1. The van der Waals surface area contributed by atoms with E-state index >= 15 is 0 Å². The Morgan fingerprint density at radius 2 is 1.97 bits per heavy atom. The summed E-state index contributed by atoms with van der Waals surface area (Å²) < 4.78 is 7.15. The van der Waals surface area contributed by atoms with Gasteiger partial charge in [0.05, 0.1) is 36.0 Å². The largest absolute Gasteiger partial charge is 0.377 e. The van der Waals surface area contributed by atoms with E-state index in [-0.39, 0.29) is 18.0 Å². The number of rotatable bonds is 5. The van der Waals surface area contributed by atoms with Gasteiger partial charge in [-0.1, -0.05) is 35.9 Å². The Bertz CT molecular complexity index is 1290. The van der Waals surface area contributed by atoms with Gasteiger partial charge in [-0.25, -0.2) is 0 Å². The Kier molecular flexibility index (Phi) is 4.29. The number of nitrogens with one attached hydrogen (secondary N) is 1. The number of ether oxygens (including phenoxy) is 1. The molecule has 2 aromatic carbocycles. The second-order valence-corrected chi connectivity index (χ2v) is 8.39. The van der Waals surface area contributed by atoms with Gasteiger partial charge in [-0.05, 0) is 29.3 Å². The topological polar surface area (TPSA) is 88.9 Å². The van der Waals surface area contributed by atoms with Gasteiger partial charge in [0.2, 0.25) is 0 Å². The molecule has 156 valence electrons. The minimum Gasteiger partial charge on any atom is -0.377 e. The number of nitrogens with zero attached hydrogens (tertiary/aromatic N) is 5. The quantitative estimate of drug-likeness (QED) is 0.520. The lowest BCUT2D eigenvalue weighted by molar-refractivity contribution is -0.0288. The molecule has 0 radical (unpaired) electrons. The Morgan fingerprint density at radius 1 is 1.13 bits per heavy atom. The monoisotopic (exact) mass is 434 g/mol. The lowest BCUT2D eigenvalue weighted by atomic mass is 10.0. The van der Waals surface area contributed by atoms with Crippen LogP contribution >= 0.6 is 11.6 Å². The molecule has 8 nitrogen and oxygen atoms in total. The highest BCUT2D eigenvalue weighted by Crippen LogP contribution is 2.38. The fourth-order valence-corrected chi connectivity index (χ4v) is 4.54. The molecule has 1 amide bonds. The zero-order valence-electron chi connectivity index (χ0n) is 16.5. The minimum atomic E-state index is -0.143. The van der Waals surface area contributed by atoms with E-state index < -0.39 is 0 Å². The number of fused-ring (bicyclic) bond motifs is 2. The molecular weight excluding hydrogens is 416 g/mol. The Hall–Kier alpha value is -3.23. The van der Waals surface area contributed by atoms with Gasteiger partial charge in [-0.2, -0.15) is 20.5 Å². The zero-order valence-corrected chi connectivity index (χ0v) is 17.3. The summed E-state index contributed by atoms with van der Waals surface area (Å²) >= 11 is 6.53. The van der Waals surface area contributed by atoms with Crippen molar-refractivity contribution >= 4 is 28.5 Å². The molecule has 0 unspecified atom stereocenters. The molecule has 31 heavy (non-hydrogen) atoms. The van der Waals surface area contributed by atoms with Gasteiger partial charge in [0.1, 0.15) is 11.0 Å². The lowest BCUT2D eigenvalue weighted by Crippen LogP contribution is -2.31. The summed E-state index contributed by atoms with van der Waals surface area (Å²) in [6.07, 6.45) is 2.41. The van der Waals surface area contributed by atoms with Crippen molar-refractivity contribution in [1.82, 2.24) is 30.1 Å². The first-order chi connectivity index (χ1) is 15.2. The molecule has 1 N–H and O–H groups in total. The third-order valence-corrected chi connectivity index (χ3v) is 6.38. The van der Waals surface area contributed by atoms with E-state index in [1.54, 1.807) is 0 Å². The number of carbonyl (C=O) groups is 1. The summed E-state index contributed by atoms with van der Waals surface area (Å²) in [5.41, 5.74) is 5.11. The normalized spacial score (nSPS) is 18.5. The molecule has 1 saturated heterocycles. The van der Waals surface area contributed by atoms with Gasteiger partial charge in [-0.3, -0.25) is 9.48 Å². The van der Waals surface area contributed by atoms with Gasteiger partial charge >= 0.3 is 0 Å².